The van der Waals surface area contributed by atoms with Crippen molar-refractivity contribution in [1.82, 2.24) is 4.98 Å². The van der Waals surface area contributed by atoms with Gasteiger partial charge >= 0.3 is 0 Å². The summed E-state index contributed by atoms with van der Waals surface area (Å²) in [7, 11) is 0. The molecule has 0 aliphatic rings. The lowest BCUT2D eigenvalue weighted by atomic mass is 9.83. The molecule has 5 nitrogen and oxygen atoms in total. The molecule has 1 aromatic heterocycles. The quantitative estimate of drug-likeness (QED) is 0.515. The number of ether oxygens (including phenoxy) is 2. The van der Waals surface area contributed by atoms with E-state index in [-0.39, 0.29) is 5.91 Å². The Bertz CT molecular complexity index is 792. The predicted octanol–water partition coefficient (Wildman–Crippen LogP) is 5.83. The first-order valence-electron chi connectivity index (χ1n) is 10.8. The number of rotatable bonds is 11. The van der Waals surface area contributed by atoms with E-state index in [0.29, 0.717) is 37.9 Å². The van der Waals surface area contributed by atoms with Crippen molar-refractivity contribution in [3.63, 3.8) is 0 Å². The van der Waals surface area contributed by atoms with E-state index >= 15 is 0 Å². The van der Waals surface area contributed by atoms with Crippen molar-refractivity contribution in [3.05, 3.63) is 30.5 Å². The summed E-state index contributed by atoms with van der Waals surface area (Å²) < 4.78 is 12.0. The van der Waals surface area contributed by atoms with Gasteiger partial charge in [-0.2, -0.15) is 0 Å². The number of anilines is 1. The number of hydrogen-bond donors (Lipinski definition) is 1. The van der Waals surface area contributed by atoms with Crippen molar-refractivity contribution >= 4 is 22.5 Å². The second kappa shape index (κ2) is 10.6. The summed E-state index contributed by atoms with van der Waals surface area (Å²) in [5, 5.41) is 4.02. The number of pyridine rings is 1. The molecule has 0 bridgehead atoms. The largest absolute Gasteiger partial charge is 0.492 e. The monoisotopic (exact) mass is 400 g/mol. The third kappa shape index (κ3) is 5.92. The van der Waals surface area contributed by atoms with Crippen LogP contribution in [0.4, 0.5) is 5.69 Å². The molecule has 29 heavy (non-hydrogen) atoms. The van der Waals surface area contributed by atoms with Crippen LogP contribution in [0.2, 0.25) is 0 Å². The van der Waals surface area contributed by atoms with Crippen LogP contribution in [0.25, 0.3) is 10.9 Å². The number of amides is 1. The van der Waals surface area contributed by atoms with Gasteiger partial charge in [0.1, 0.15) is 16.9 Å². The zero-order chi connectivity index (χ0) is 21.4. The van der Waals surface area contributed by atoms with Crippen molar-refractivity contribution in [2.45, 2.75) is 66.4 Å². The van der Waals surface area contributed by atoms with E-state index in [9.17, 15) is 4.79 Å². The SMILES string of the molecule is CCCOC(CC(C)C)(CC(C)C)C(=O)Nc1ccc(OCC)c2ncccc12. The van der Waals surface area contributed by atoms with Crippen molar-refractivity contribution in [2.75, 3.05) is 18.5 Å². The minimum Gasteiger partial charge on any atom is -0.492 e. The van der Waals surface area contributed by atoms with Crippen LogP contribution in [0.3, 0.4) is 0 Å². The first-order valence-corrected chi connectivity index (χ1v) is 10.8. The maximum Gasteiger partial charge on any atom is 0.256 e. The van der Waals surface area contributed by atoms with E-state index in [1.54, 1.807) is 6.20 Å². The van der Waals surface area contributed by atoms with Crippen LogP contribution in [0.15, 0.2) is 30.5 Å². The minimum atomic E-state index is -0.842. The van der Waals surface area contributed by atoms with Crippen molar-refractivity contribution in [1.29, 1.82) is 0 Å². The standard InChI is InChI=1S/C24H36N2O3/c1-7-14-29-24(15-17(3)4,16-18(5)6)23(27)26-20-11-12-21(28-8-2)22-19(20)10-9-13-25-22/h9-13,17-18H,7-8,14-16H2,1-6H3,(H,26,27). The Hall–Kier alpha value is -2.14. The molecule has 2 rings (SSSR count). The zero-order valence-electron chi connectivity index (χ0n) is 18.7. The predicted molar refractivity (Wildman–Crippen MR) is 119 cm³/mol. The van der Waals surface area contributed by atoms with Gasteiger partial charge in [0.2, 0.25) is 0 Å². The molecule has 0 aliphatic heterocycles. The molecule has 0 saturated heterocycles. The molecule has 0 unspecified atom stereocenters. The molecule has 0 saturated carbocycles. The Labute approximate surface area is 175 Å². The molecule has 0 fully saturated rings. The molecule has 0 spiro atoms. The van der Waals surface area contributed by atoms with Gasteiger partial charge in [0.25, 0.3) is 5.91 Å². The molecule has 5 heteroatoms. The second-order valence-corrected chi connectivity index (χ2v) is 8.44. The van der Waals surface area contributed by atoms with Gasteiger partial charge in [-0.25, -0.2) is 0 Å². The van der Waals surface area contributed by atoms with Crippen LogP contribution in [0.5, 0.6) is 5.75 Å². The van der Waals surface area contributed by atoms with E-state index in [4.69, 9.17) is 9.47 Å². The lowest BCUT2D eigenvalue weighted by Gasteiger charge is -2.35. The zero-order valence-corrected chi connectivity index (χ0v) is 18.7. The lowest BCUT2D eigenvalue weighted by molar-refractivity contribution is -0.147. The number of carbonyl (C=O) groups is 1. The normalized spacial score (nSPS) is 12.0. The molecule has 1 amide bonds. The van der Waals surface area contributed by atoms with Gasteiger partial charge in [-0.05, 0) is 62.3 Å². The van der Waals surface area contributed by atoms with Gasteiger partial charge in [-0.1, -0.05) is 34.6 Å². The number of nitrogens with one attached hydrogen (secondary N) is 1. The summed E-state index contributed by atoms with van der Waals surface area (Å²) >= 11 is 0. The Kier molecular flexibility index (Phi) is 8.45. The number of nitrogens with zero attached hydrogens (tertiary/aromatic N) is 1. The summed E-state index contributed by atoms with van der Waals surface area (Å²) in [5.74, 6) is 1.33. The highest BCUT2D eigenvalue weighted by atomic mass is 16.5. The van der Waals surface area contributed by atoms with E-state index in [1.807, 2.05) is 31.2 Å². The summed E-state index contributed by atoms with van der Waals surface area (Å²) in [6.45, 7) is 13.7. The lowest BCUT2D eigenvalue weighted by Crippen LogP contribution is -2.48. The van der Waals surface area contributed by atoms with E-state index in [0.717, 1.165) is 28.8 Å². The number of carbonyl (C=O) groups excluding carboxylic acids is 1. The molecule has 1 heterocycles. The van der Waals surface area contributed by atoms with Gasteiger partial charge in [-0.15, -0.1) is 0 Å². The minimum absolute atomic E-state index is 0.0809. The fourth-order valence-corrected chi connectivity index (χ4v) is 3.83. The van der Waals surface area contributed by atoms with Crippen LogP contribution in [-0.2, 0) is 9.53 Å². The highest BCUT2D eigenvalue weighted by Crippen LogP contribution is 2.34. The molecule has 1 N–H and O–H groups in total. The fourth-order valence-electron chi connectivity index (χ4n) is 3.83. The van der Waals surface area contributed by atoms with Crippen LogP contribution in [0.1, 0.15) is 60.8 Å². The van der Waals surface area contributed by atoms with Crippen LogP contribution in [-0.4, -0.2) is 29.7 Å². The maximum absolute atomic E-state index is 13.6. The Morgan fingerprint density at radius 3 is 2.38 bits per heavy atom. The smallest absolute Gasteiger partial charge is 0.256 e. The molecular weight excluding hydrogens is 364 g/mol. The third-order valence-electron chi connectivity index (χ3n) is 4.75. The van der Waals surface area contributed by atoms with Crippen molar-refractivity contribution in [3.8, 4) is 5.75 Å². The highest BCUT2D eigenvalue weighted by molar-refractivity contribution is 6.05. The molecule has 0 aliphatic carbocycles. The third-order valence-corrected chi connectivity index (χ3v) is 4.75. The van der Waals surface area contributed by atoms with Gasteiger partial charge in [-0.3, -0.25) is 9.78 Å². The van der Waals surface area contributed by atoms with Gasteiger partial charge in [0.05, 0.1) is 12.3 Å². The number of benzene rings is 1. The summed E-state index contributed by atoms with van der Waals surface area (Å²) in [4.78, 5) is 18.0. The summed E-state index contributed by atoms with van der Waals surface area (Å²) in [6.07, 6.45) is 3.98. The fraction of sp³-hybridized carbons (Fsp3) is 0.583. The van der Waals surface area contributed by atoms with Gasteiger partial charge in [0, 0.05) is 18.2 Å². The van der Waals surface area contributed by atoms with Gasteiger partial charge < -0.3 is 14.8 Å². The summed E-state index contributed by atoms with van der Waals surface area (Å²) in [5.41, 5.74) is 0.643. The highest BCUT2D eigenvalue weighted by Gasteiger charge is 2.40. The average Bonchev–Trinajstić information content (AvgIpc) is 2.67. The van der Waals surface area contributed by atoms with E-state index < -0.39 is 5.60 Å². The molecule has 0 atom stereocenters. The molecule has 0 radical (unpaired) electrons. The average molecular weight is 401 g/mol. The maximum atomic E-state index is 13.6. The molecular formula is C24H36N2O3. The first-order chi connectivity index (χ1) is 13.8. The van der Waals surface area contributed by atoms with Gasteiger partial charge in [0.15, 0.2) is 0 Å². The topological polar surface area (TPSA) is 60.5 Å². The van der Waals surface area contributed by atoms with Crippen molar-refractivity contribution in [2.24, 2.45) is 11.8 Å². The number of aromatic nitrogens is 1. The number of hydrogen-bond acceptors (Lipinski definition) is 4. The molecule has 160 valence electrons. The van der Waals surface area contributed by atoms with E-state index in [2.05, 4.69) is 44.9 Å². The molecule has 1 aromatic carbocycles. The number of fused-ring (bicyclic) bond motifs is 1. The van der Waals surface area contributed by atoms with E-state index in [1.165, 1.54) is 0 Å². The Balaban J connectivity index is 2.43. The van der Waals surface area contributed by atoms with Crippen LogP contribution >= 0.6 is 0 Å². The van der Waals surface area contributed by atoms with Crippen LogP contribution in [0, 0.1) is 11.8 Å². The Morgan fingerprint density at radius 1 is 1.10 bits per heavy atom. The van der Waals surface area contributed by atoms with Crippen LogP contribution < -0.4 is 10.1 Å². The van der Waals surface area contributed by atoms with Crippen molar-refractivity contribution < 1.29 is 14.3 Å². The Morgan fingerprint density at radius 2 is 1.79 bits per heavy atom. The second-order valence-electron chi connectivity index (χ2n) is 8.44. The first kappa shape index (κ1) is 23.1. The molecule has 2 aromatic rings. The summed E-state index contributed by atoms with van der Waals surface area (Å²) in [6, 6.07) is 7.59.